The first-order valence-corrected chi connectivity index (χ1v) is 14.0. The highest BCUT2D eigenvalue weighted by Gasteiger charge is 2.19. The van der Waals surface area contributed by atoms with Crippen LogP contribution in [0.5, 0.6) is 0 Å². The summed E-state index contributed by atoms with van der Waals surface area (Å²) < 4.78 is 10.8. The molecule has 1 saturated heterocycles. The Morgan fingerprint density at radius 1 is 1.08 bits per heavy atom. The number of hydrogen-bond donors (Lipinski definition) is 3. The number of aromatic nitrogens is 4. The van der Waals surface area contributed by atoms with Crippen LogP contribution in [0.25, 0.3) is 32.9 Å². The van der Waals surface area contributed by atoms with E-state index < -0.39 is 5.60 Å². The second kappa shape index (κ2) is 10.6. The monoisotopic (exact) mass is 540 g/mol. The number of aliphatic hydroxyl groups is 1. The number of nitrogens with one attached hydrogen (secondary N) is 2. The first kappa shape index (κ1) is 25.8. The molecular formula is C30H32N6O2S. The van der Waals surface area contributed by atoms with Gasteiger partial charge in [-0.25, -0.2) is 4.98 Å². The molecule has 200 valence electrons. The summed E-state index contributed by atoms with van der Waals surface area (Å²) in [5.41, 5.74) is 4.18. The molecule has 0 spiro atoms. The van der Waals surface area contributed by atoms with Crippen molar-refractivity contribution in [2.24, 2.45) is 0 Å². The van der Waals surface area contributed by atoms with Gasteiger partial charge < -0.3 is 15.2 Å². The number of hydrogen-bond acceptors (Lipinski definition) is 8. The van der Waals surface area contributed by atoms with E-state index in [9.17, 15) is 5.11 Å². The van der Waals surface area contributed by atoms with E-state index in [1.165, 1.54) is 0 Å². The standard InChI is InChI=1S/C30H32N6O2S/c1-19-24(8-9-27-26(19)16-33-36(27)18-30(2,3)37)29-25-14-28(32-15-20(25)10-12-31-29)34-21-4-6-23(7-5-21)39-35-22-11-13-38-17-22/h4-10,12,14-16,22,35,37H,11,13,17-18H2,1-3H3,(H,32,34). The predicted octanol–water partition coefficient (Wildman–Crippen LogP) is 5.86. The summed E-state index contributed by atoms with van der Waals surface area (Å²) >= 11 is 1.64. The average Bonchev–Trinajstić information content (AvgIpc) is 3.58. The molecule has 4 heterocycles. The van der Waals surface area contributed by atoms with Gasteiger partial charge in [0.15, 0.2) is 0 Å². The molecule has 8 nitrogen and oxygen atoms in total. The van der Waals surface area contributed by atoms with Crippen molar-refractivity contribution in [3.05, 3.63) is 72.7 Å². The molecular weight excluding hydrogens is 508 g/mol. The molecule has 9 heteroatoms. The van der Waals surface area contributed by atoms with Crippen LogP contribution >= 0.6 is 11.9 Å². The van der Waals surface area contributed by atoms with Gasteiger partial charge in [0.05, 0.1) is 36.2 Å². The van der Waals surface area contributed by atoms with Crippen LogP contribution in [0.2, 0.25) is 0 Å². The van der Waals surface area contributed by atoms with E-state index in [1.807, 2.05) is 29.3 Å². The molecule has 0 bridgehead atoms. The van der Waals surface area contributed by atoms with E-state index in [0.717, 1.165) is 74.5 Å². The number of aryl methyl sites for hydroxylation is 1. The molecule has 6 rings (SSSR count). The lowest BCUT2D eigenvalue weighted by Gasteiger charge is -2.18. The Morgan fingerprint density at radius 3 is 2.69 bits per heavy atom. The van der Waals surface area contributed by atoms with Gasteiger partial charge in [-0.3, -0.25) is 14.4 Å². The zero-order valence-corrected chi connectivity index (χ0v) is 23.1. The van der Waals surface area contributed by atoms with Crippen LogP contribution in [0, 0.1) is 6.92 Å². The smallest absolute Gasteiger partial charge is 0.130 e. The van der Waals surface area contributed by atoms with Gasteiger partial charge >= 0.3 is 0 Å². The normalized spacial score (nSPS) is 15.8. The lowest BCUT2D eigenvalue weighted by Crippen LogP contribution is -2.26. The molecule has 39 heavy (non-hydrogen) atoms. The van der Waals surface area contributed by atoms with Crippen molar-refractivity contribution in [2.45, 2.75) is 50.3 Å². The second-order valence-corrected chi connectivity index (χ2v) is 11.6. The van der Waals surface area contributed by atoms with Crippen molar-refractivity contribution in [2.75, 3.05) is 18.5 Å². The van der Waals surface area contributed by atoms with Gasteiger partial charge in [-0.2, -0.15) is 5.10 Å². The van der Waals surface area contributed by atoms with Crippen LogP contribution < -0.4 is 10.0 Å². The van der Waals surface area contributed by atoms with Crippen molar-refractivity contribution in [1.82, 2.24) is 24.5 Å². The van der Waals surface area contributed by atoms with Gasteiger partial charge in [-0.1, -0.05) is 6.07 Å². The number of anilines is 2. The highest BCUT2D eigenvalue weighted by molar-refractivity contribution is 7.97. The predicted molar refractivity (Wildman–Crippen MR) is 157 cm³/mol. The van der Waals surface area contributed by atoms with Crippen molar-refractivity contribution in [3.63, 3.8) is 0 Å². The van der Waals surface area contributed by atoms with E-state index in [-0.39, 0.29) is 0 Å². The fourth-order valence-electron chi connectivity index (χ4n) is 4.92. The van der Waals surface area contributed by atoms with Crippen LogP contribution in [0.4, 0.5) is 11.5 Å². The largest absolute Gasteiger partial charge is 0.389 e. The molecule has 1 fully saturated rings. The summed E-state index contributed by atoms with van der Waals surface area (Å²) in [6.07, 6.45) is 6.64. The summed E-state index contributed by atoms with van der Waals surface area (Å²) in [6.45, 7) is 7.71. The first-order valence-electron chi connectivity index (χ1n) is 13.1. The van der Waals surface area contributed by atoms with E-state index in [4.69, 9.17) is 9.72 Å². The van der Waals surface area contributed by atoms with Crippen LogP contribution in [0.15, 0.2) is 72.0 Å². The molecule has 1 aliphatic heterocycles. The zero-order chi connectivity index (χ0) is 27.0. The fourth-order valence-corrected chi connectivity index (χ4v) is 5.68. The number of rotatable bonds is 8. The summed E-state index contributed by atoms with van der Waals surface area (Å²) in [4.78, 5) is 10.6. The van der Waals surface area contributed by atoms with Crippen LogP contribution in [-0.4, -0.2) is 49.7 Å². The Kier molecular flexibility index (Phi) is 6.99. The zero-order valence-electron chi connectivity index (χ0n) is 22.3. The second-order valence-electron chi connectivity index (χ2n) is 10.7. The minimum absolute atomic E-state index is 0.408. The summed E-state index contributed by atoms with van der Waals surface area (Å²) in [6, 6.07) is 16.9. The minimum Gasteiger partial charge on any atom is -0.389 e. The van der Waals surface area contributed by atoms with Crippen molar-refractivity contribution >= 4 is 45.1 Å². The number of pyridine rings is 2. The number of benzene rings is 2. The molecule has 1 unspecified atom stereocenters. The molecule has 1 aliphatic rings. The molecule has 0 amide bonds. The molecule has 0 radical (unpaired) electrons. The lowest BCUT2D eigenvalue weighted by molar-refractivity contribution is 0.0591. The SMILES string of the molecule is Cc1c(-c2nccc3cnc(Nc4ccc(SNC5CCOC5)cc4)cc23)ccc2c1cnn2CC(C)(C)O. The van der Waals surface area contributed by atoms with E-state index in [1.54, 1.807) is 25.8 Å². The Labute approximate surface area is 232 Å². The van der Waals surface area contributed by atoms with E-state index in [2.05, 4.69) is 69.5 Å². The topological polar surface area (TPSA) is 97.1 Å². The van der Waals surface area contributed by atoms with E-state index in [0.29, 0.717) is 12.6 Å². The maximum absolute atomic E-state index is 10.3. The maximum Gasteiger partial charge on any atom is 0.130 e. The van der Waals surface area contributed by atoms with Gasteiger partial charge in [0.2, 0.25) is 0 Å². The molecule has 0 saturated carbocycles. The summed E-state index contributed by atoms with van der Waals surface area (Å²) in [5.74, 6) is 0.759. The summed E-state index contributed by atoms with van der Waals surface area (Å²) in [7, 11) is 0. The maximum atomic E-state index is 10.3. The molecule has 2 aromatic carbocycles. The van der Waals surface area contributed by atoms with Crippen LogP contribution in [0.1, 0.15) is 25.8 Å². The van der Waals surface area contributed by atoms with Crippen LogP contribution in [0.3, 0.4) is 0 Å². The number of ether oxygens (including phenoxy) is 1. The molecule has 1 atom stereocenters. The highest BCUT2D eigenvalue weighted by atomic mass is 32.2. The van der Waals surface area contributed by atoms with Gasteiger partial charge in [0, 0.05) is 57.3 Å². The first-order chi connectivity index (χ1) is 18.8. The molecule has 3 N–H and O–H groups in total. The minimum atomic E-state index is -0.847. The Balaban J connectivity index is 1.26. The Bertz CT molecular complexity index is 1620. The lowest BCUT2D eigenvalue weighted by atomic mass is 9.98. The number of fused-ring (bicyclic) bond motifs is 2. The third kappa shape index (κ3) is 5.62. The van der Waals surface area contributed by atoms with E-state index >= 15 is 0 Å². The molecule has 5 aromatic rings. The third-order valence-corrected chi connectivity index (χ3v) is 7.89. The van der Waals surface area contributed by atoms with Crippen molar-refractivity contribution < 1.29 is 9.84 Å². The fraction of sp³-hybridized carbons (Fsp3) is 0.300. The average molecular weight is 541 g/mol. The van der Waals surface area contributed by atoms with Crippen LogP contribution in [-0.2, 0) is 11.3 Å². The highest BCUT2D eigenvalue weighted by Crippen LogP contribution is 2.34. The third-order valence-electron chi connectivity index (χ3n) is 6.94. The van der Waals surface area contributed by atoms with Gasteiger partial charge in [-0.05, 0) is 87.2 Å². The quantitative estimate of drug-likeness (QED) is 0.211. The van der Waals surface area contributed by atoms with Gasteiger partial charge in [-0.15, -0.1) is 0 Å². The van der Waals surface area contributed by atoms with Crippen molar-refractivity contribution in [1.29, 1.82) is 0 Å². The number of nitrogens with zero attached hydrogens (tertiary/aromatic N) is 4. The van der Waals surface area contributed by atoms with Gasteiger partial charge in [0.25, 0.3) is 0 Å². The summed E-state index contributed by atoms with van der Waals surface area (Å²) in [5, 5.41) is 21.4. The Morgan fingerprint density at radius 2 is 1.92 bits per heavy atom. The Hall–Kier alpha value is -3.50. The molecule has 3 aromatic heterocycles. The molecule has 0 aliphatic carbocycles. The van der Waals surface area contributed by atoms with Gasteiger partial charge in [0.1, 0.15) is 5.82 Å². The van der Waals surface area contributed by atoms with Crippen molar-refractivity contribution in [3.8, 4) is 11.3 Å².